The molecule has 2 aromatic rings. The molecular weight excluding hydrogens is 304 g/mol. The van der Waals surface area contributed by atoms with Crippen molar-refractivity contribution in [1.29, 1.82) is 0 Å². The molecular formula is C18H24N4O2. The molecule has 1 aliphatic rings. The van der Waals surface area contributed by atoms with E-state index in [0.29, 0.717) is 13.2 Å². The Bertz CT molecular complexity index is 698. The highest BCUT2D eigenvalue weighted by Crippen LogP contribution is 2.31. The lowest BCUT2D eigenvalue weighted by molar-refractivity contribution is -0.123. The molecule has 2 atom stereocenters. The molecule has 0 spiro atoms. The summed E-state index contributed by atoms with van der Waals surface area (Å²) >= 11 is 0. The molecule has 0 unspecified atom stereocenters. The highest BCUT2D eigenvalue weighted by Gasteiger charge is 2.24. The number of nitrogens with one attached hydrogen (secondary N) is 2. The number of aryl methyl sites for hydroxylation is 1. The van der Waals surface area contributed by atoms with Crippen molar-refractivity contribution in [2.75, 3.05) is 13.2 Å². The molecule has 2 heterocycles. The Kier molecular flexibility index (Phi) is 5.15. The molecule has 0 aliphatic carbocycles. The van der Waals surface area contributed by atoms with Crippen molar-refractivity contribution in [2.24, 2.45) is 0 Å². The smallest absolute Gasteiger partial charge is 0.237 e. The predicted molar refractivity (Wildman–Crippen MR) is 91.9 cm³/mol. The molecule has 128 valence electrons. The van der Waals surface area contributed by atoms with Crippen LogP contribution in [0, 0.1) is 6.92 Å². The van der Waals surface area contributed by atoms with E-state index in [1.165, 1.54) is 0 Å². The topological polar surface area (TPSA) is 68.2 Å². The van der Waals surface area contributed by atoms with Gasteiger partial charge in [0.15, 0.2) is 0 Å². The van der Waals surface area contributed by atoms with Gasteiger partial charge in [0.2, 0.25) is 5.91 Å². The molecule has 1 aromatic carbocycles. The first-order valence-electron chi connectivity index (χ1n) is 8.38. The van der Waals surface area contributed by atoms with Gasteiger partial charge < -0.3 is 15.4 Å². The van der Waals surface area contributed by atoms with Crippen LogP contribution in [0.25, 0.3) is 0 Å². The summed E-state index contributed by atoms with van der Waals surface area (Å²) in [7, 11) is 0. The average molecular weight is 328 g/mol. The number of carbonyl (C=O) groups excluding carboxylic acids is 1. The molecule has 24 heavy (non-hydrogen) atoms. The number of hydrogen-bond donors (Lipinski definition) is 2. The Morgan fingerprint density at radius 2 is 2.29 bits per heavy atom. The lowest BCUT2D eigenvalue weighted by atomic mass is 10.0. The molecule has 0 saturated carbocycles. The van der Waals surface area contributed by atoms with E-state index in [-0.39, 0.29) is 18.0 Å². The summed E-state index contributed by atoms with van der Waals surface area (Å²) in [6, 6.07) is 7.64. The van der Waals surface area contributed by atoms with Gasteiger partial charge in [0.1, 0.15) is 5.75 Å². The highest BCUT2D eigenvalue weighted by atomic mass is 16.5. The van der Waals surface area contributed by atoms with E-state index >= 15 is 0 Å². The second kappa shape index (κ2) is 7.49. The maximum atomic E-state index is 12.4. The van der Waals surface area contributed by atoms with E-state index in [0.717, 1.165) is 29.8 Å². The Labute approximate surface area is 142 Å². The predicted octanol–water partition coefficient (Wildman–Crippen LogP) is 1.81. The lowest BCUT2D eigenvalue weighted by Gasteiger charge is -2.27. The largest absolute Gasteiger partial charge is 0.493 e. The van der Waals surface area contributed by atoms with Crippen LogP contribution >= 0.6 is 0 Å². The van der Waals surface area contributed by atoms with Crippen molar-refractivity contribution in [1.82, 2.24) is 20.4 Å². The summed E-state index contributed by atoms with van der Waals surface area (Å²) in [6.07, 6.45) is 4.62. The minimum Gasteiger partial charge on any atom is -0.493 e. The van der Waals surface area contributed by atoms with Crippen LogP contribution in [0.2, 0.25) is 0 Å². The number of nitrogens with zero attached hydrogens (tertiary/aromatic N) is 2. The quantitative estimate of drug-likeness (QED) is 0.849. The van der Waals surface area contributed by atoms with Crippen LogP contribution in [0.3, 0.4) is 0 Å². The summed E-state index contributed by atoms with van der Waals surface area (Å²) in [6.45, 7) is 5.96. The van der Waals surface area contributed by atoms with Crippen LogP contribution in [0.15, 0.2) is 36.7 Å². The normalized spacial score (nSPS) is 17.7. The van der Waals surface area contributed by atoms with Crippen molar-refractivity contribution in [3.8, 4) is 5.75 Å². The second-order valence-corrected chi connectivity index (χ2v) is 6.19. The van der Waals surface area contributed by atoms with E-state index in [9.17, 15) is 4.79 Å². The molecule has 2 N–H and O–H groups in total. The summed E-state index contributed by atoms with van der Waals surface area (Å²) in [5.74, 6) is 0.872. The zero-order chi connectivity index (χ0) is 16.9. The van der Waals surface area contributed by atoms with E-state index in [2.05, 4.69) is 15.7 Å². The van der Waals surface area contributed by atoms with Crippen LogP contribution < -0.4 is 15.4 Å². The number of carbonyl (C=O) groups is 1. The first-order chi connectivity index (χ1) is 11.6. The summed E-state index contributed by atoms with van der Waals surface area (Å²) in [5, 5.41) is 10.6. The van der Waals surface area contributed by atoms with Gasteiger partial charge in [-0.25, -0.2) is 0 Å². The van der Waals surface area contributed by atoms with Crippen molar-refractivity contribution in [2.45, 2.75) is 38.9 Å². The number of hydrogen-bond acceptors (Lipinski definition) is 4. The first kappa shape index (κ1) is 16.5. The summed E-state index contributed by atoms with van der Waals surface area (Å²) < 4.78 is 7.51. The maximum Gasteiger partial charge on any atom is 0.237 e. The van der Waals surface area contributed by atoms with Crippen molar-refractivity contribution in [3.63, 3.8) is 0 Å². The minimum absolute atomic E-state index is 0.00773. The van der Waals surface area contributed by atoms with Crippen LogP contribution in [-0.2, 0) is 11.3 Å². The second-order valence-electron chi connectivity index (χ2n) is 6.19. The summed E-state index contributed by atoms with van der Waals surface area (Å²) in [4.78, 5) is 12.4. The monoisotopic (exact) mass is 328 g/mol. The van der Waals surface area contributed by atoms with Crippen LogP contribution in [-0.4, -0.2) is 34.9 Å². The molecule has 0 bridgehead atoms. The standard InChI is InChI=1S/C18H24N4O2/c1-13-11-20-22(12-13)9-8-19-14(2)18(23)21-16-7-10-24-17-6-4-3-5-15(16)17/h3-6,11-12,14,16,19H,7-10H2,1-2H3,(H,21,23)/t14-,16-/m1/s1. The fourth-order valence-electron chi connectivity index (χ4n) is 2.87. The molecule has 1 amide bonds. The van der Waals surface area contributed by atoms with Crippen LogP contribution in [0.1, 0.15) is 30.5 Å². The Morgan fingerprint density at radius 1 is 1.46 bits per heavy atom. The molecule has 3 rings (SSSR count). The van der Waals surface area contributed by atoms with Crippen molar-refractivity contribution >= 4 is 5.91 Å². The fraction of sp³-hybridized carbons (Fsp3) is 0.444. The van der Waals surface area contributed by atoms with Crippen LogP contribution in [0.4, 0.5) is 0 Å². The zero-order valence-electron chi connectivity index (χ0n) is 14.2. The maximum absolute atomic E-state index is 12.4. The van der Waals surface area contributed by atoms with Gasteiger partial charge >= 0.3 is 0 Å². The van der Waals surface area contributed by atoms with Gasteiger partial charge in [-0.1, -0.05) is 18.2 Å². The van der Waals surface area contributed by atoms with Gasteiger partial charge in [-0.3, -0.25) is 9.48 Å². The van der Waals surface area contributed by atoms with E-state index in [1.54, 1.807) is 0 Å². The van der Waals surface area contributed by atoms with Gasteiger partial charge in [-0.05, 0) is 25.5 Å². The lowest BCUT2D eigenvalue weighted by Crippen LogP contribution is -2.45. The molecule has 0 saturated heterocycles. The Morgan fingerprint density at radius 3 is 3.08 bits per heavy atom. The van der Waals surface area contributed by atoms with Gasteiger partial charge in [0.25, 0.3) is 0 Å². The summed E-state index contributed by atoms with van der Waals surface area (Å²) in [5.41, 5.74) is 2.19. The van der Waals surface area contributed by atoms with Gasteiger partial charge in [0.05, 0.1) is 31.4 Å². The number of ether oxygens (including phenoxy) is 1. The van der Waals surface area contributed by atoms with Crippen LogP contribution in [0.5, 0.6) is 5.75 Å². The first-order valence-corrected chi connectivity index (χ1v) is 8.38. The molecule has 6 heteroatoms. The Hall–Kier alpha value is -2.34. The van der Waals surface area contributed by atoms with Gasteiger partial charge in [0, 0.05) is 24.7 Å². The number of benzene rings is 1. The zero-order valence-corrected chi connectivity index (χ0v) is 14.2. The van der Waals surface area contributed by atoms with E-state index in [1.807, 2.05) is 55.2 Å². The highest BCUT2D eigenvalue weighted by molar-refractivity contribution is 5.81. The number of rotatable bonds is 6. The van der Waals surface area contributed by atoms with Gasteiger partial charge in [-0.15, -0.1) is 0 Å². The number of aromatic nitrogens is 2. The average Bonchev–Trinajstić information content (AvgIpc) is 3.00. The van der Waals surface area contributed by atoms with E-state index in [4.69, 9.17) is 4.74 Å². The molecule has 0 radical (unpaired) electrons. The molecule has 0 fully saturated rings. The minimum atomic E-state index is -0.253. The number of amides is 1. The molecule has 6 nitrogen and oxygen atoms in total. The molecule has 1 aromatic heterocycles. The number of fused-ring (bicyclic) bond motifs is 1. The third-order valence-electron chi connectivity index (χ3n) is 4.22. The van der Waals surface area contributed by atoms with E-state index < -0.39 is 0 Å². The number of para-hydroxylation sites is 1. The SMILES string of the molecule is Cc1cnn(CCN[C@H](C)C(=O)N[C@@H]2CCOc3ccccc32)c1. The third kappa shape index (κ3) is 3.94. The van der Waals surface area contributed by atoms with Gasteiger partial charge in [-0.2, -0.15) is 5.10 Å². The Balaban J connectivity index is 1.49. The van der Waals surface area contributed by atoms with Crippen molar-refractivity contribution in [3.05, 3.63) is 47.8 Å². The fourth-order valence-corrected chi connectivity index (χ4v) is 2.87. The molecule has 1 aliphatic heterocycles. The van der Waals surface area contributed by atoms with Crippen molar-refractivity contribution < 1.29 is 9.53 Å². The third-order valence-corrected chi connectivity index (χ3v) is 4.22.